The van der Waals surface area contributed by atoms with Crippen LogP contribution in [0.5, 0.6) is 0 Å². The molecule has 1 amide bonds. The number of benzene rings is 1. The molecule has 24 heavy (non-hydrogen) atoms. The van der Waals surface area contributed by atoms with Crippen LogP contribution in [0.2, 0.25) is 0 Å². The molecule has 3 atom stereocenters. The summed E-state index contributed by atoms with van der Waals surface area (Å²) in [4.78, 5) is 24.5. The molecule has 1 heterocycles. The Hall–Kier alpha value is -2.30. The predicted molar refractivity (Wildman–Crippen MR) is 90.7 cm³/mol. The summed E-state index contributed by atoms with van der Waals surface area (Å²) in [7, 11) is 0. The molecule has 3 rings (SSSR count). The number of hydrogen-bond donors (Lipinski definition) is 1. The smallest absolute Gasteiger partial charge is 0.375 e. The zero-order valence-corrected chi connectivity index (χ0v) is 14.1. The first-order valence-corrected chi connectivity index (χ1v) is 8.54. The fourth-order valence-corrected chi connectivity index (χ4v) is 3.19. The summed E-state index contributed by atoms with van der Waals surface area (Å²) in [5.41, 5.74) is 0.623. The molecule has 1 N–H and O–H groups in total. The van der Waals surface area contributed by atoms with Crippen LogP contribution in [0.3, 0.4) is 0 Å². The maximum absolute atomic E-state index is 12.3. The number of amides is 1. The van der Waals surface area contributed by atoms with E-state index in [0.717, 1.165) is 24.6 Å². The van der Waals surface area contributed by atoms with Gasteiger partial charge < -0.3 is 14.5 Å². The number of rotatable bonds is 4. The van der Waals surface area contributed by atoms with Crippen molar-refractivity contribution in [2.75, 3.05) is 0 Å². The molecule has 5 heteroatoms. The fourth-order valence-electron chi connectivity index (χ4n) is 3.19. The topological polar surface area (TPSA) is 68.5 Å². The second-order valence-electron chi connectivity index (χ2n) is 6.57. The molecule has 0 bridgehead atoms. The van der Waals surface area contributed by atoms with Gasteiger partial charge in [-0.25, -0.2) is 4.79 Å². The molecule has 0 unspecified atom stereocenters. The number of esters is 1. The Kier molecular flexibility index (Phi) is 4.88. The first kappa shape index (κ1) is 16.6. The van der Waals surface area contributed by atoms with Gasteiger partial charge in [0.2, 0.25) is 5.76 Å². The van der Waals surface area contributed by atoms with Crippen molar-refractivity contribution in [1.29, 1.82) is 0 Å². The molecule has 0 aliphatic heterocycles. The average Bonchev–Trinajstić information content (AvgIpc) is 3.01. The third kappa shape index (κ3) is 3.61. The molecule has 1 aliphatic carbocycles. The van der Waals surface area contributed by atoms with Crippen molar-refractivity contribution in [2.24, 2.45) is 5.92 Å². The molecule has 2 aromatic rings. The third-order valence-electron chi connectivity index (χ3n) is 4.72. The molecule has 0 spiro atoms. The molecular formula is C19H23NO4. The van der Waals surface area contributed by atoms with E-state index in [1.54, 1.807) is 19.1 Å². The van der Waals surface area contributed by atoms with Gasteiger partial charge in [0.05, 0.1) is 0 Å². The van der Waals surface area contributed by atoms with Gasteiger partial charge in [0.25, 0.3) is 5.91 Å². The zero-order valence-electron chi connectivity index (χ0n) is 14.1. The molecule has 128 valence electrons. The van der Waals surface area contributed by atoms with Crippen LogP contribution in [0.1, 0.15) is 50.1 Å². The molecule has 1 saturated carbocycles. The van der Waals surface area contributed by atoms with Gasteiger partial charge >= 0.3 is 5.97 Å². The monoisotopic (exact) mass is 329 g/mol. The summed E-state index contributed by atoms with van der Waals surface area (Å²) in [5, 5.41) is 3.84. The molecule has 1 fully saturated rings. The molecule has 5 nitrogen and oxygen atoms in total. The SMILES string of the molecule is C[C@@H](OC(=O)c1cc2ccccc2o1)C(=O)N[C@@H]1CCCC[C@@H]1C. The van der Waals surface area contributed by atoms with Crippen LogP contribution < -0.4 is 5.32 Å². The number of carbonyl (C=O) groups excluding carboxylic acids is 2. The highest BCUT2D eigenvalue weighted by molar-refractivity contribution is 5.94. The molecule has 1 aliphatic rings. The van der Waals surface area contributed by atoms with Crippen LogP contribution in [0, 0.1) is 5.92 Å². The summed E-state index contributed by atoms with van der Waals surface area (Å²) in [6.07, 6.45) is 3.60. The minimum absolute atomic E-state index is 0.113. The predicted octanol–water partition coefficient (Wildman–Crippen LogP) is 3.67. The standard InChI is InChI=1S/C19H23NO4/c1-12-7-3-5-9-15(12)20-18(21)13(2)23-19(22)17-11-14-8-4-6-10-16(14)24-17/h4,6,8,10-13,15H,3,5,7,9H2,1-2H3,(H,20,21)/t12-,13+,15+/m0/s1. The van der Waals surface area contributed by atoms with E-state index in [4.69, 9.17) is 9.15 Å². The van der Waals surface area contributed by atoms with Crippen LogP contribution in [-0.2, 0) is 9.53 Å². The summed E-state index contributed by atoms with van der Waals surface area (Å²) in [6.45, 7) is 3.73. The summed E-state index contributed by atoms with van der Waals surface area (Å²) in [6, 6.07) is 9.14. The van der Waals surface area contributed by atoms with Gasteiger partial charge in [-0.1, -0.05) is 38.0 Å². The number of fused-ring (bicyclic) bond motifs is 1. The maximum Gasteiger partial charge on any atom is 0.375 e. The van der Waals surface area contributed by atoms with E-state index in [-0.39, 0.29) is 17.7 Å². The van der Waals surface area contributed by atoms with E-state index in [1.807, 2.05) is 18.2 Å². The minimum atomic E-state index is -0.847. The highest BCUT2D eigenvalue weighted by Crippen LogP contribution is 2.24. The van der Waals surface area contributed by atoms with Gasteiger partial charge in [-0.15, -0.1) is 0 Å². The number of ether oxygens (including phenoxy) is 1. The Morgan fingerprint density at radius 3 is 2.75 bits per heavy atom. The van der Waals surface area contributed by atoms with Crippen molar-refractivity contribution < 1.29 is 18.7 Å². The van der Waals surface area contributed by atoms with E-state index in [2.05, 4.69) is 12.2 Å². The van der Waals surface area contributed by atoms with Crippen molar-refractivity contribution in [3.63, 3.8) is 0 Å². The second kappa shape index (κ2) is 7.07. The highest BCUT2D eigenvalue weighted by Gasteiger charge is 2.27. The van der Waals surface area contributed by atoms with E-state index >= 15 is 0 Å². The fraction of sp³-hybridized carbons (Fsp3) is 0.474. The molecule has 1 aromatic carbocycles. The molecule has 1 aromatic heterocycles. The first-order valence-electron chi connectivity index (χ1n) is 8.54. The number of hydrogen-bond acceptors (Lipinski definition) is 4. The van der Waals surface area contributed by atoms with Crippen LogP contribution in [-0.4, -0.2) is 24.0 Å². The normalized spacial score (nSPS) is 22.1. The van der Waals surface area contributed by atoms with Crippen molar-refractivity contribution in [3.8, 4) is 0 Å². The lowest BCUT2D eigenvalue weighted by molar-refractivity contribution is -0.130. The quantitative estimate of drug-likeness (QED) is 0.869. The van der Waals surface area contributed by atoms with Crippen LogP contribution in [0.15, 0.2) is 34.7 Å². The number of furan rings is 1. The van der Waals surface area contributed by atoms with Gasteiger partial charge in [-0.3, -0.25) is 4.79 Å². The van der Waals surface area contributed by atoms with Gasteiger partial charge in [-0.05, 0) is 37.8 Å². The van der Waals surface area contributed by atoms with Crippen molar-refractivity contribution >= 4 is 22.8 Å². The number of nitrogens with one attached hydrogen (secondary N) is 1. The van der Waals surface area contributed by atoms with E-state index in [1.165, 1.54) is 6.42 Å². The first-order chi connectivity index (χ1) is 11.5. The Labute approximate surface area is 141 Å². The van der Waals surface area contributed by atoms with Gasteiger partial charge in [-0.2, -0.15) is 0 Å². The average molecular weight is 329 g/mol. The summed E-state index contributed by atoms with van der Waals surface area (Å²) >= 11 is 0. The van der Waals surface area contributed by atoms with Crippen molar-refractivity contribution in [1.82, 2.24) is 5.32 Å². The van der Waals surface area contributed by atoms with E-state index in [9.17, 15) is 9.59 Å². The van der Waals surface area contributed by atoms with Crippen LogP contribution >= 0.6 is 0 Å². The molecule has 0 saturated heterocycles. The lowest BCUT2D eigenvalue weighted by atomic mass is 9.86. The Morgan fingerprint density at radius 1 is 1.25 bits per heavy atom. The summed E-state index contributed by atoms with van der Waals surface area (Å²) < 4.78 is 10.7. The number of para-hydroxylation sites is 1. The minimum Gasteiger partial charge on any atom is -0.449 e. The van der Waals surface area contributed by atoms with E-state index in [0.29, 0.717) is 11.5 Å². The van der Waals surface area contributed by atoms with Gasteiger partial charge in [0, 0.05) is 11.4 Å². The van der Waals surface area contributed by atoms with Crippen LogP contribution in [0.4, 0.5) is 0 Å². The highest BCUT2D eigenvalue weighted by atomic mass is 16.6. The van der Waals surface area contributed by atoms with Crippen molar-refractivity contribution in [2.45, 2.75) is 51.7 Å². The van der Waals surface area contributed by atoms with E-state index < -0.39 is 12.1 Å². The molecule has 0 radical (unpaired) electrons. The van der Waals surface area contributed by atoms with Gasteiger partial charge in [0.15, 0.2) is 6.10 Å². The lowest BCUT2D eigenvalue weighted by Gasteiger charge is -2.30. The summed E-state index contributed by atoms with van der Waals surface area (Å²) in [5.74, 6) is -0.299. The zero-order chi connectivity index (χ0) is 17.1. The third-order valence-corrected chi connectivity index (χ3v) is 4.72. The largest absolute Gasteiger partial charge is 0.449 e. The Morgan fingerprint density at radius 2 is 2.00 bits per heavy atom. The van der Waals surface area contributed by atoms with Crippen LogP contribution in [0.25, 0.3) is 11.0 Å². The Balaban J connectivity index is 1.59. The maximum atomic E-state index is 12.3. The number of carbonyl (C=O) groups is 2. The van der Waals surface area contributed by atoms with Gasteiger partial charge in [0.1, 0.15) is 5.58 Å². The molecular weight excluding hydrogens is 306 g/mol. The lowest BCUT2D eigenvalue weighted by Crippen LogP contribution is -2.45. The second-order valence-corrected chi connectivity index (χ2v) is 6.57. The van der Waals surface area contributed by atoms with Crippen molar-refractivity contribution in [3.05, 3.63) is 36.1 Å². The Bertz CT molecular complexity index is 703.